The molecule has 1 unspecified atom stereocenters. The minimum absolute atomic E-state index is 0.0390. The predicted molar refractivity (Wildman–Crippen MR) is 86.5 cm³/mol. The summed E-state index contributed by atoms with van der Waals surface area (Å²) in [5.41, 5.74) is 0. The molecule has 0 aliphatic heterocycles. The van der Waals surface area contributed by atoms with Gasteiger partial charge in [0.25, 0.3) is 0 Å². The van der Waals surface area contributed by atoms with E-state index in [0.717, 1.165) is 4.88 Å². The molecule has 128 valence electrons. The number of hydrogen-bond acceptors (Lipinski definition) is 7. The van der Waals surface area contributed by atoms with Crippen molar-refractivity contribution in [3.8, 4) is 10.7 Å². The van der Waals surface area contributed by atoms with E-state index in [1.165, 1.54) is 17.4 Å². The number of thiophene rings is 1. The number of nitrogens with one attached hydrogen (secondary N) is 1. The van der Waals surface area contributed by atoms with Crippen LogP contribution in [0.25, 0.3) is 10.7 Å². The summed E-state index contributed by atoms with van der Waals surface area (Å²) in [6, 6.07) is 2.64. The number of hydrogen-bond donors (Lipinski definition) is 2. The van der Waals surface area contributed by atoms with Crippen LogP contribution in [-0.4, -0.2) is 46.4 Å². The summed E-state index contributed by atoms with van der Waals surface area (Å²) in [4.78, 5) is 28.0. The number of aryl methyl sites for hydroxylation is 1. The number of carboxylic acid groups (broad SMARTS) is 1. The van der Waals surface area contributed by atoms with Gasteiger partial charge in [0, 0.05) is 12.8 Å². The Bertz CT molecular complexity index is 683. The number of aliphatic carboxylic acids is 1. The van der Waals surface area contributed by atoms with Crippen LogP contribution >= 0.6 is 11.3 Å². The van der Waals surface area contributed by atoms with E-state index in [-0.39, 0.29) is 26.1 Å². The standard InChI is InChI=1S/C15H17N3O5S/c1-2-7-22-9-10(15(20)21)16-12(19)5-6-13-17-14(18-23-13)11-4-3-8-24-11/h2-4,8,10H,1,5-7,9H2,(H,16,19)(H,20,21). The predicted octanol–water partition coefficient (Wildman–Crippen LogP) is 1.50. The third-order valence-electron chi connectivity index (χ3n) is 2.93. The zero-order valence-electron chi connectivity index (χ0n) is 12.8. The third-order valence-corrected chi connectivity index (χ3v) is 3.79. The van der Waals surface area contributed by atoms with Crippen LogP contribution in [0.2, 0.25) is 0 Å². The Balaban J connectivity index is 1.81. The first-order valence-corrected chi connectivity index (χ1v) is 8.05. The third kappa shape index (κ3) is 5.28. The van der Waals surface area contributed by atoms with Gasteiger partial charge in [0.15, 0.2) is 6.04 Å². The molecule has 0 fully saturated rings. The van der Waals surface area contributed by atoms with Crippen LogP contribution < -0.4 is 5.32 Å². The molecular formula is C15H17N3O5S. The molecule has 0 aliphatic rings. The zero-order chi connectivity index (χ0) is 17.4. The molecule has 0 aromatic carbocycles. The Hall–Kier alpha value is -2.52. The van der Waals surface area contributed by atoms with Crippen LogP contribution in [0.4, 0.5) is 0 Å². The van der Waals surface area contributed by atoms with E-state index in [1.54, 1.807) is 0 Å². The fraction of sp³-hybridized carbons (Fsp3) is 0.333. The van der Waals surface area contributed by atoms with E-state index in [1.807, 2.05) is 17.5 Å². The molecule has 0 saturated heterocycles. The molecule has 0 saturated carbocycles. The molecule has 0 spiro atoms. The van der Waals surface area contributed by atoms with Crippen molar-refractivity contribution in [2.24, 2.45) is 0 Å². The highest BCUT2D eigenvalue weighted by Gasteiger charge is 2.20. The maximum absolute atomic E-state index is 11.9. The largest absolute Gasteiger partial charge is 0.480 e. The summed E-state index contributed by atoms with van der Waals surface area (Å²) in [5, 5.41) is 17.2. The second kappa shape index (κ2) is 8.94. The van der Waals surface area contributed by atoms with Gasteiger partial charge in [0.1, 0.15) is 0 Å². The van der Waals surface area contributed by atoms with E-state index in [2.05, 4.69) is 22.0 Å². The molecule has 8 nitrogen and oxygen atoms in total. The zero-order valence-corrected chi connectivity index (χ0v) is 13.6. The molecule has 0 aliphatic carbocycles. The lowest BCUT2D eigenvalue weighted by Gasteiger charge is -2.13. The average molecular weight is 351 g/mol. The maximum atomic E-state index is 11.9. The van der Waals surface area contributed by atoms with Gasteiger partial charge in [-0.3, -0.25) is 4.79 Å². The van der Waals surface area contributed by atoms with Crippen molar-refractivity contribution in [2.45, 2.75) is 18.9 Å². The van der Waals surface area contributed by atoms with Gasteiger partial charge < -0.3 is 19.7 Å². The quantitative estimate of drug-likeness (QED) is 0.492. The van der Waals surface area contributed by atoms with Crippen molar-refractivity contribution < 1.29 is 24.0 Å². The lowest BCUT2D eigenvalue weighted by molar-refractivity contribution is -0.143. The van der Waals surface area contributed by atoms with Gasteiger partial charge in [-0.1, -0.05) is 17.3 Å². The van der Waals surface area contributed by atoms with Gasteiger partial charge in [-0.2, -0.15) is 4.98 Å². The Morgan fingerprint density at radius 1 is 1.54 bits per heavy atom. The number of amides is 1. The number of nitrogens with zero attached hydrogens (tertiary/aromatic N) is 2. The molecule has 2 N–H and O–H groups in total. The lowest BCUT2D eigenvalue weighted by atomic mass is 10.2. The highest BCUT2D eigenvalue weighted by molar-refractivity contribution is 7.13. The molecular weight excluding hydrogens is 334 g/mol. The number of aromatic nitrogens is 2. The van der Waals surface area contributed by atoms with Crippen LogP contribution in [0.1, 0.15) is 12.3 Å². The van der Waals surface area contributed by atoms with E-state index in [0.29, 0.717) is 11.7 Å². The van der Waals surface area contributed by atoms with Gasteiger partial charge in [-0.25, -0.2) is 4.79 Å². The SMILES string of the molecule is C=CCOCC(NC(=O)CCc1nc(-c2cccs2)no1)C(=O)O. The number of carbonyl (C=O) groups is 2. The second-order valence-electron chi connectivity index (χ2n) is 4.77. The van der Waals surface area contributed by atoms with E-state index in [4.69, 9.17) is 14.4 Å². The molecule has 24 heavy (non-hydrogen) atoms. The smallest absolute Gasteiger partial charge is 0.328 e. The van der Waals surface area contributed by atoms with Crippen molar-refractivity contribution in [2.75, 3.05) is 13.2 Å². The van der Waals surface area contributed by atoms with Gasteiger partial charge >= 0.3 is 5.97 Å². The number of carbonyl (C=O) groups excluding carboxylic acids is 1. The van der Waals surface area contributed by atoms with E-state index in [9.17, 15) is 9.59 Å². The van der Waals surface area contributed by atoms with Crippen LogP contribution in [0.15, 0.2) is 34.7 Å². The Kier molecular flexibility index (Phi) is 6.64. The van der Waals surface area contributed by atoms with E-state index < -0.39 is 17.9 Å². The topological polar surface area (TPSA) is 115 Å². The summed E-state index contributed by atoms with van der Waals surface area (Å²) < 4.78 is 10.1. The normalized spacial score (nSPS) is 11.8. The summed E-state index contributed by atoms with van der Waals surface area (Å²) in [6.07, 6.45) is 1.77. The van der Waals surface area contributed by atoms with Crippen molar-refractivity contribution in [3.05, 3.63) is 36.1 Å². The maximum Gasteiger partial charge on any atom is 0.328 e. The number of ether oxygens (including phenoxy) is 1. The monoisotopic (exact) mass is 351 g/mol. The first-order chi connectivity index (χ1) is 11.6. The number of carboxylic acids is 1. The van der Waals surface area contributed by atoms with E-state index >= 15 is 0 Å². The average Bonchev–Trinajstić information content (AvgIpc) is 3.23. The van der Waals surface area contributed by atoms with Gasteiger partial charge in [-0.15, -0.1) is 17.9 Å². The van der Waals surface area contributed by atoms with Crippen molar-refractivity contribution >= 4 is 23.2 Å². The summed E-state index contributed by atoms with van der Waals surface area (Å²) in [5.74, 6) is -0.796. The first-order valence-electron chi connectivity index (χ1n) is 7.17. The van der Waals surface area contributed by atoms with Crippen molar-refractivity contribution in [3.63, 3.8) is 0 Å². The van der Waals surface area contributed by atoms with Crippen molar-refractivity contribution in [1.82, 2.24) is 15.5 Å². The highest BCUT2D eigenvalue weighted by Crippen LogP contribution is 2.21. The van der Waals surface area contributed by atoms with Crippen LogP contribution in [0.5, 0.6) is 0 Å². The minimum atomic E-state index is -1.16. The fourth-order valence-electron chi connectivity index (χ4n) is 1.79. The lowest BCUT2D eigenvalue weighted by Crippen LogP contribution is -2.44. The molecule has 2 aromatic heterocycles. The summed E-state index contributed by atoms with van der Waals surface area (Å²) in [6.45, 7) is 3.55. The molecule has 1 amide bonds. The molecule has 2 aromatic rings. The molecule has 9 heteroatoms. The van der Waals surface area contributed by atoms with Gasteiger partial charge in [0.2, 0.25) is 17.6 Å². The molecule has 0 bridgehead atoms. The highest BCUT2D eigenvalue weighted by atomic mass is 32.1. The Labute approximate surface area is 142 Å². The fourth-order valence-corrected chi connectivity index (χ4v) is 2.44. The van der Waals surface area contributed by atoms with Gasteiger partial charge in [0.05, 0.1) is 18.1 Å². The van der Waals surface area contributed by atoms with Crippen LogP contribution in [0, 0.1) is 0 Å². The molecule has 0 radical (unpaired) electrons. The Morgan fingerprint density at radius 2 is 2.38 bits per heavy atom. The minimum Gasteiger partial charge on any atom is -0.480 e. The van der Waals surface area contributed by atoms with Crippen LogP contribution in [-0.2, 0) is 20.7 Å². The first kappa shape index (κ1) is 17.8. The Morgan fingerprint density at radius 3 is 3.04 bits per heavy atom. The molecule has 2 heterocycles. The van der Waals surface area contributed by atoms with Gasteiger partial charge in [-0.05, 0) is 11.4 Å². The number of rotatable bonds is 10. The van der Waals surface area contributed by atoms with Crippen LogP contribution in [0.3, 0.4) is 0 Å². The summed E-state index contributed by atoms with van der Waals surface area (Å²) in [7, 11) is 0. The summed E-state index contributed by atoms with van der Waals surface area (Å²) >= 11 is 1.48. The molecule has 2 rings (SSSR count). The molecule has 1 atom stereocenters. The second-order valence-corrected chi connectivity index (χ2v) is 5.72. The van der Waals surface area contributed by atoms with Crippen molar-refractivity contribution in [1.29, 1.82) is 0 Å².